The van der Waals surface area contributed by atoms with Crippen LogP contribution in [-0.4, -0.2) is 26.8 Å². The first kappa shape index (κ1) is 15.4. The summed E-state index contributed by atoms with van der Waals surface area (Å²) in [4.78, 5) is 4.02. The lowest BCUT2D eigenvalue weighted by molar-refractivity contribution is 0.627. The van der Waals surface area contributed by atoms with Gasteiger partial charge in [0, 0.05) is 34.9 Å². The number of hydrogen-bond acceptors (Lipinski definition) is 3. The van der Waals surface area contributed by atoms with Gasteiger partial charge < -0.3 is 5.43 Å². The number of hydrazone groups is 1. The van der Waals surface area contributed by atoms with Crippen LogP contribution in [0, 0.1) is 5.82 Å². The summed E-state index contributed by atoms with van der Waals surface area (Å²) in [6.45, 7) is 3.19. The van der Waals surface area contributed by atoms with E-state index >= 15 is 0 Å². The highest BCUT2D eigenvalue weighted by Crippen LogP contribution is 2.09. The van der Waals surface area contributed by atoms with Gasteiger partial charge in [-0.05, 0) is 41.4 Å². The van der Waals surface area contributed by atoms with Crippen molar-refractivity contribution in [3.8, 4) is 0 Å². The van der Waals surface area contributed by atoms with E-state index in [1.807, 2.05) is 12.1 Å². The van der Waals surface area contributed by atoms with Crippen molar-refractivity contribution in [3.05, 3.63) is 65.7 Å². The van der Waals surface area contributed by atoms with E-state index in [1.165, 1.54) is 18.2 Å². The van der Waals surface area contributed by atoms with Gasteiger partial charge in [0.2, 0.25) is 0 Å². The van der Waals surface area contributed by atoms with Crippen molar-refractivity contribution in [2.45, 2.75) is 19.0 Å². The van der Waals surface area contributed by atoms with E-state index < -0.39 is 0 Å². The Kier molecular flexibility index (Phi) is 6.09. The molecule has 3 nitrogen and oxygen atoms in total. The third-order valence-electron chi connectivity index (χ3n) is 3.15. The molecule has 110 valence electrons. The number of nitrogens with one attached hydrogen (secondary N) is 1. The van der Waals surface area contributed by atoms with E-state index in [2.05, 4.69) is 22.1 Å². The van der Waals surface area contributed by atoms with Crippen LogP contribution < -0.4 is 5.43 Å². The van der Waals surface area contributed by atoms with E-state index in [1.54, 1.807) is 24.5 Å². The van der Waals surface area contributed by atoms with E-state index in [0.29, 0.717) is 6.42 Å². The highest BCUT2D eigenvalue weighted by Gasteiger charge is 2.06. The third kappa shape index (κ3) is 5.11. The molecule has 2 aromatic rings. The smallest absolute Gasteiger partial charge is 0.123 e. The van der Waals surface area contributed by atoms with Crippen LogP contribution in [0.15, 0.2) is 53.9 Å². The molecule has 1 aromatic heterocycles. The largest absolute Gasteiger partial charge is 0.310 e. The zero-order valence-electron chi connectivity index (χ0n) is 12.2. The van der Waals surface area contributed by atoms with Crippen LogP contribution in [0.5, 0.6) is 0 Å². The van der Waals surface area contributed by atoms with Gasteiger partial charge in [-0.1, -0.05) is 18.7 Å². The molecule has 0 saturated carbocycles. The molecule has 5 heteroatoms. The van der Waals surface area contributed by atoms with Crippen LogP contribution in [0.3, 0.4) is 0 Å². The SMILES string of the molecule is C[SiH2]CCN/N=C(\Cc1ccncc1)c1ccc(F)cc1. The zero-order chi connectivity index (χ0) is 14.9. The van der Waals surface area contributed by atoms with Gasteiger partial charge in [-0.25, -0.2) is 4.39 Å². The van der Waals surface area contributed by atoms with E-state index in [0.717, 1.165) is 23.4 Å². The fraction of sp³-hybridized carbons (Fsp3) is 0.250. The molecule has 0 unspecified atom stereocenters. The van der Waals surface area contributed by atoms with Gasteiger partial charge >= 0.3 is 0 Å². The van der Waals surface area contributed by atoms with Gasteiger partial charge in [0.05, 0.1) is 5.71 Å². The zero-order valence-corrected chi connectivity index (χ0v) is 13.6. The highest BCUT2D eigenvalue weighted by atomic mass is 28.2. The van der Waals surface area contributed by atoms with Gasteiger partial charge in [0.25, 0.3) is 0 Å². The van der Waals surface area contributed by atoms with Crippen molar-refractivity contribution >= 4 is 15.2 Å². The summed E-state index contributed by atoms with van der Waals surface area (Å²) in [5.74, 6) is -0.230. The molecule has 1 N–H and O–H groups in total. The van der Waals surface area contributed by atoms with Gasteiger partial charge in [-0.3, -0.25) is 4.98 Å². The molecule has 0 atom stereocenters. The minimum absolute atomic E-state index is 0.0543. The van der Waals surface area contributed by atoms with Crippen molar-refractivity contribution in [2.24, 2.45) is 5.10 Å². The summed E-state index contributed by atoms with van der Waals surface area (Å²) >= 11 is 0. The molecule has 0 bridgehead atoms. The van der Waals surface area contributed by atoms with E-state index in [4.69, 9.17) is 0 Å². The summed E-state index contributed by atoms with van der Waals surface area (Å²) in [7, 11) is 0.0543. The normalized spacial score (nSPS) is 12.0. The summed E-state index contributed by atoms with van der Waals surface area (Å²) in [6, 6.07) is 11.6. The van der Waals surface area contributed by atoms with Crippen molar-refractivity contribution in [2.75, 3.05) is 6.54 Å². The molecule has 2 rings (SSSR count). The lowest BCUT2D eigenvalue weighted by Gasteiger charge is -2.08. The standard InChI is InChI=1S/C16H20FN3Si/c1-21-11-10-19-20-16(12-13-6-8-18-9-7-13)14-2-4-15(17)5-3-14/h2-9,19H,10-12,21H2,1H3/b20-16+. The van der Waals surface area contributed by atoms with Gasteiger partial charge in [0.15, 0.2) is 0 Å². The second-order valence-corrected chi connectivity index (χ2v) is 6.57. The Balaban J connectivity index is 2.15. The first-order chi connectivity index (χ1) is 10.3. The maximum absolute atomic E-state index is 13.1. The Hall–Kier alpha value is -2.01. The molecule has 0 amide bonds. The van der Waals surface area contributed by atoms with E-state index in [9.17, 15) is 4.39 Å². The summed E-state index contributed by atoms with van der Waals surface area (Å²) < 4.78 is 13.1. The molecular weight excluding hydrogens is 281 g/mol. The molecular formula is C16H20FN3Si. The molecule has 0 spiro atoms. The Labute approximate surface area is 127 Å². The van der Waals surface area contributed by atoms with E-state index in [-0.39, 0.29) is 15.3 Å². The number of pyridine rings is 1. The molecule has 21 heavy (non-hydrogen) atoms. The Morgan fingerprint density at radius 1 is 1.19 bits per heavy atom. The second-order valence-electron chi connectivity index (χ2n) is 4.86. The summed E-state index contributed by atoms with van der Waals surface area (Å²) in [5, 5.41) is 4.50. The summed E-state index contributed by atoms with van der Waals surface area (Å²) in [5.41, 5.74) is 6.13. The van der Waals surface area contributed by atoms with Crippen molar-refractivity contribution in [3.63, 3.8) is 0 Å². The predicted molar refractivity (Wildman–Crippen MR) is 88.1 cm³/mol. The fourth-order valence-electron chi connectivity index (χ4n) is 1.95. The number of aromatic nitrogens is 1. The second kappa shape index (κ2) is 8.31. The Morgan fingerprint density at radius 2 is 1.90 bits per heavy atom. The van der Waals surface area contributed by atoms with Gasteiger partial charge in [-0.15, -0.1) is 0 Å². The first-order valence-electron chi connectivity index (χ1n) is 7.24. The maximum Gasteiger partial charge on any atom is 0.123 e. The Bertz CT molecular complexity index is 570. The molecule has 0 saturated heterocycles. The van der Waals surface area contributed by atoms with Crippen LogP contribution in [0.25, 0.3) is 0 Å². The number of hydrogen-bond donors (Lipinski definition) is 1. The average molecular weight is 301 g/mol. The van der Waals surface area contributed by atoms with Crippen LogP contribution in [-0.2, 0) is 6.42 Å². The molecule has 1 aromatic carbocycles. The van der Waals surface area contributed by atoms with Gasteiger partial charge in [-0.2, -0.15) is 5.10 Å². The number of benzene rings is 1. The van der Waals surface area contributed by atoms with Crippen LogP contribution in [0.4, 0.5) is 4.39 Å². The number of halogens is 1. The van der Waals surface area contributed by atoms with Crippen LogP contribution in [0.2, 0.25) is 12.6 Å². The number of nitrogens with zero attached hydrogens (tertiary/aromatic N) is 2. The highest BCUT2D eigenvalue weighted by molar-refractivity contribution is 6.33. The van der Waals surface area contributed by atoms with Crippen LogP contribution >= 0.6 is 0 Å². The Morgan fingerprint density at radius 3 is 2.57 bits per heavy atom. The molecule has 0 aliphatic heterocycles. The fourth-order valence-corrected chi connectivity index (χ4v) is 2.46. The lowest BCUT2D eigenvalue weighted by atomic mass is 10.0. The maximum atomic E-state index is 13.1. The number of rotatable bonds is 7. The monoisotopic (exact) mass is 301 g/mol. The lowest BCUT2D eigenvalue weighted by Crippen LogP contribution is -2.15. The van der Waals surface area contributed by atoms with Crippen molar-refractivity contribution < 1.29 is 4.39 Å². The average Bonchev–Trinajstić information content (AvgIpc) is 2.52. The quantitative estimate of drug-likeness (QED) is 0.369. The minimum atomic E-state index is -0.230. The molecule has 0 aliphatic rings. The van der Waals surface area contributed by atoms with Crippen molar-refractivity contribution in [1.29, 1.82) is 0 Å². The molecule has 1 heterocycles. The minimum Gasteiger partial charge on any atom is -0.310 e. The first-order valence-corrected chi connectivity index (χ1v) is 9.65. The molecule has 0 fully saturated rings. The predicted octanol–water partition coefficient (Wildman–Crippen LogP) is 2.39. The van der Waals surface area contributed by atoms with Gasteiger partial charge in [0.1, 0.15) is 5.82 Å². The summed E-state index contributed by atoms with van der Waals surface area (Å²) in [6.07, 6.45) is 4.24. The molecule has 0 aliphatic carbocycles. The van der Waals surface area contributed by atoms with Crippen molar-refractivity contribution in [1.82, 2.24) is 10.4 Å². The van der Waals surface area contributed by atoms with Crippen LogP contribution in [0.1, 0.15) is 11.1 Å². The topological polar surface area (TPSA) is 37.3 Å². The molecule has 0 radical (unpaired) electrons. The third-order valence-corrected chi connectivity index (χ3v) is 4.22.